The third kappa shape index (κ3) is 4.39. The van der Waals surface area contributed by atoms with Gasteiger partial charge in [0.2, 0.25) is 0 Å². The van der Waals surface area contributed by atoms with Gasteiger partial charge in [0.25, 0.3) is 0 Å². The molecule has 0 bridgehead atoms. The molecule has 1 saturated heterocycles. The molecule has 20 heavy (non-hydrogen) atoms. The summed E-state index contributed by atoms with van der Waals surface area (Å²) in [7, 11) is 0. The van der Waals surface area contributed by atoms with Crippen molar-refractivity contribution < 1.29 is 0 Å². The Balaban J connectivity index is 1.96. The summed E-state index contributed by atoms with van der Waals surface area (Å²) in [6, 6.07) is 4.35. The highest BCUT2D eigenvalue weighted by Crippen LogP contribution is 2.26. The van der Waals surface area contributed by atoms with Crippen molar-refractivity contribution in [3.8, 4) is 0 Å². The SMILES string of the molecule is CCCNc1cc(N2CCCC(CCC)CC2)ccn1. The van der Waals surface area contributed by atoms with Crippen molar-refractivity contribution in [3.63, 3.8) is 0 Å². The molecular weight excluding hydrogens is 246 g/mol. The van der Waals surface area contributed by atoms with E-state index in [-0.39, 0.29) is 0 Å². The van der Waals surface area contributed by atoms with Gasteiger partial charge in [-0.1, -0.05) is 26.7 Å². The van der Waals surface area contributed by atoms with Gasteiger partial charge in [0.1, 0.15) is 5.82 Å². The maximum atomic E-state index is 4.40. The standard InChI is InChI=1S/C17H29N3/c1-3-6-15-7-5-12-20(13-9-15)16-8-11-19-17(14-16)18-10-4-2/h8,11,14-15H,3-7,9-10,12-13H2,1-2H3,(H,18,19). The van der Waals surface area contributed by atoms with Crippen molar-refractivity contribution in [2.24, 2.45) is 5.92 Å². The Bertz CT molecular complexity index is 392. The molecule has 112 valence electrons. The molecule has 1 unspecified atom stereocenters. The molecule has 1 aromatic heterocycles. The van der Waals surface area contributed by atoms with Crippen LogP contribution in [0.3, 0.4) is 0 Å². The van der Waals surface area contributed by atoms with Gasteiger partial charge in [0.05, 0.1) is 0 Å². The Labute approximate surface area is 123 Å². The Morgan fingerprint density at radius 3 is 2.95 bits per heavy atom. The Morgan fingerprint density at radius 1 is 1.25 bits per heavy atom. The van der Waals surface area contributed by atoms with Gasteiger partial charge in [-0.3, -0.25) is 0 Å². The summed E-state index contributed by atoms with van der Waals surface area (Å²) in [5.41, 5.74) is 1.33. The molecule has 0 amide bonds. The molecule has 0 aliphatic carbocycles. The van der Waals surface area contributed by atoms with Crippen LogP contribution in [0.2, 0.25) is 0 Å². The Kier molecular flexibility index (Phi) is 6.16. The van der Waals surface area contributed by atoms with E-state index in [0.717, 1.165) is 24.7 Å². The zero-order chi connectivity index (χ0) is 14.2. The first-order chi connectivity index (χ1) is 9.83. The van der Waals surface area contributed by atoms with Crippen LogP contribution in [0.25, 0.3) is 0 Å². The zero-order valence-electron chi connectivity index (χ0n) is 13.1. The quantitative estimate of drug-likeness (QED) is 0.838. The first-order valence-electron chi connectivity index (χ1n) is 8.28. The molecule has 0 aromatic carbocycles. The van der Waals surface area contributed by atoms with E-state index >= 15 is 0 Å². The minimum atomic E-state index is 0.935. The monoisotopic (exact) mass is 275 g/mol. The lowest BCUT2D eigenvalue weighted by atomic mass is 9.96. The largest absolute Gasteiger partial charge is 0.371 e. The number of nitrogens with one attached hydrogen (secondary N) is 1. The third-order valence-electron chi connectivity index (χ3n) is 4.21. The first-order valence-corrected chi connectivity index (χ1v) is 8.28. The molecule has 1 aliphatic rings. The summed E-state index contributed by atoms with van der Waals surface area (Å²) in [6.07, 6.45) is 9.85. The molecule has 1 N–H and O–H groups in total. The van der Waals surface area contributed by atoms with Crippen LogP contribution in [0.15, 0.2) is 18.3 Å². The summed E-state index contributed by atoms with van der Waals surface area (Å²) in [5.74, 6) is 1.95. The number of rotatable bonds is 6. The Morgan fingerprint density at radius 2 is 2.15 bits per heavy atom. The lowest BCUT2D eigenvalue weighted by Gasteiger charge is -2.23. The van der Waals surface area contributed by atoms with Crippen molar-refractivity contribution in [2.45, 2.75) is 52.4 Å². The summed E-state index contributed by atoms with van der Waals surface area (Å²) >= 11 is 0. The number of pyridine rings is 1. The van der Waals surface area contributed by atoms with Crippen LogP contribution in [0.5, 0.6) is 0 Å². The highest BCUT2D eigenvalue weighted by Gasteiger charge is 2.16. The topological polar surface area (TPSA) is 28.2 Å². The summed E-state index contributed by atoms with van der Waals surface area (Å²) in [4.78, 5) is 6.94. The molecule has 1 aliphatic heterocycles. The summed E-state index contributed by atoms with van der Waals surface area (Å²) in [5, 5.41) is 3.38. The van der Waals surface area contributed by atoms with Gasteiger partial charge in [-0.15, -0.1) is 0 Å². The number of nitrogens with zero attached hydrogens (tertiary/aromatic N) is 2. The maximum absolute atomic E-state index is 4.40. The minimum absolute atomic E-state index is 0.935. The molecule has 0 radical (unpaired) electrons. The molecule has 1 atom stereocenters. The fraction of sp³-hybridized carbons (Fsp3) is 0.706. The second-order valence-electron chi connectivity index (χ2n) is 5.90. The zero-order valence-corrected chi connectivity index (χ0v) is 13.1. The molecule has 2 rings (SSSR count). The van der Waals surface area contributed by atoms with Crippen LogP contribution in [0, 0.1) is 5.92 Å². The average Bonchev–Trinajstić information content (AvgIpc) is 2.72. The first kappa shape index (κ1) is 15.1. The van der Waals surface area contributed by atoms with Gasteiger partial charge in [-0.05, 0) is 37.7 Å². The Hall–Kier alpha value is -1.25. The van der Waals surface area contributed by atoms with E-state index in [2.05, 4.69) is 41.2 Å². The van der Waals surface area contributed by atoms with Gasteiger partial charge in [-0.2, -0.15) is 0 Å². The number of aromatic nitrogens is 1. The molecule has 1 fully saturated rings. The summed E-state index contributed by atoms with van der Waals surface area (Å²) in [6.45, 7) is 7.87. The third-order valence-corrected chi connectivity index (χ3v) is 4.21. The van der Waals surface area contributed by atoms with Crippen molar-refractivity contribution in [3.05, 3.63) is 18.3 Å². The van der Waals surface area contributed by atoms with E-state index in [1.54, 1.807) is 0 Å². The van der Waals surface area contributed by atoms with Crippen molar-refractivity contribution in [2.75, 3.05) is 29.9 Å². The van der Waals surface area contributed by atoms with Crippen LogP contribution in [0.1, 0.15) is 52.4 Å². The minimum Gasteiger partial charge on any atom is -0.371 e. The van der Waals surface area contributed by atoms with Crippen LogP contribution >= 0.6 is 0 Å². The highest BCUT2D eigenvalue weighted by atomic mass is 15.1. The van der Waals surface area contributed by atoms with Crippen molar-refractivity contribution in [1.29, 1.82) is 0 Å². The van der Waals surface area contributed by atoms with E-state index in [1.807, 2.05) is 6.20 Å². The van der Waals surface area contributed by atoms with Gasteiger partial charge >= 0.3 is 0 Å². The molecule has 3 nitrogen and oxygen atoms in total. The normalized spacial score (nSPS) is 19.7. The van der Waals surface area contributed by atoms with E-state index in [4.69, 9.17) is 0 Å². The second-order valence-corrected chi connectivity index (χ2v) is 5.90. The van der Waals surface area contributed by atoms with Gasteiger partial charge < -0.3 is 10.2 Å². The molecular formula is C17H29N3. The van der Waals surface area contributed by atoms with Crippen LogP contribution in [-0.4, -0.2) is 24.6 Å². The van der Waals surface area contributed by atoms with E-state index in [0.29, 0.717) is 0 Å². The molecule has 1 aromatic rings. The number of anilines is 2. The van der Waals surface area contributed by atoms with Gasteiger partial charge in [0, 0.05) is 37.6 Å². The fourth-order valence-electron chi connectivity index (χ4n) is 3.09. The van der Waals surface area contributed by atoms with Crippen LogP contribution in [-0.2, 0) is 0 Å². The maximum Gasteiger partial charge on any atom is 0.127 e. The van der Waals surface area contributed by atoms with Gasteiger partial charge in [-0.25, -0.2) is 4.98 Å². The average molecular weight is 275 g/mol. The number of hydrogen-bond acceptors (Lipinski definition) is 3. The van der Waals surface area contributed by atoms with E-state index in [1.165, 1.54) is 50.9 Å². The smallest absolute Gasteiger partial charge is 0.127 e. The van der Waals surface area contributed by atoms with Crippen LogP contribution < -0.4 is 10.2 Å². The van der Waals surface area contributed by atoms with Crippen LogP contribution in [0.4, 0.5) is 11.5 Å². The second kappa shape index (κ2) is 8.13. The molecule has 0 saturated carbocycles. The molecule has 2 heterocycles. The molecule has 3 heteroatoms. The summed E-state index contributed by atoms with van der Waals surface area (Å²) < 4.78 is 0. The lowest BCUT2D eigenvalue weighted by molar-refractivity contribution is 0.435. The van der Waals surface area contributed by atoms with Crippen molar-refractivity contribution >= 4 is 11.5 Å². The predicted molar refractivity (Wildman–Crippen MR) is 87.5 cm³/mol. The fourth-order valence-corrected chi connectivity index (χ4v) is 3.09. The lowest BCUT2D eigenvalue weighted by Crippen LogP contribution is -2.24. The highest BCUT2D eigenvalue weighted by molar-refractivity contribution is 5.53. The van der Waals surface area contributed by atoms with E-state index in [9.17, 15) is 0 Å². The van der Waals surface area contributed by atoms with Crippen molar-refractivity contribution in [1.82, 2.24) is 4.98 Å². The van der Waals surface area contributed by atoms with E-state index < -0.39 is 0 Å². The predicted octanol–water partition coefficient (Wildman–Crippen LogP) is 4.31. The molecule has 0 spiro atoms. The number of hydrogen-bond donors (Lipinski definition) is 1. The van der Waals surface area contributed by atoms with Gasteiger partial charge in [0.15, 0.2) is 0 Å².